The van der Waals surface area contributed by atoms with Crippen molar-refractivity contribution in [1.29, 1.82) is 0 Å². The Morgan fingerprint density at radius 1 is 1.24 bits per heavy atom. The summed E-state index contributed by atoms with van der Waals surface area (Å²) in [5.74, 6) is 2.05. The zero-order valence-corrected chi connectivity index (χ0v) is 21.4. The summed E-state index contributed by atoms with van der Waals surface area (Å²) in [5.41, 5.74) is 2.49. The Labute approximate surface area is 207 Å². The van der Waals surface area contributed by atoms with E-state index in [4.69, 9.17) is 9.47 Å². The van der Waals surface area contributed by atoms with Crippen LogP contribution in [0.2, 0.25) is 0 Å². The number of aliphatic hydroxyl groups excluding tert-OH is 1. The van der Waals surface area contributed by atoms with Crippen molar-refractivity contribution in [3.8, 4) is 5.75 Å². The molecule has 0 radical (unpaired) electrons. The molecule has 1 saturated carbocycles. The van der Waals surface area contributed by atoms with Gasteiger partial charge in [0, 0.05) is 31.6 Å². The molecule has 7 heteroatoms. The predicted octanol–water partition coefficient (Wildman–Crippen LogP) is 4.10. The molecule has 2 aliphatic rings. The van der Waals surface area contributed by atoms with Crippen LogP contribution in [0.3, 0.4) is 0 Å². The highest BCUT2D eigenvalue weighted by Crippen LogP contribution is 2.34. The molecule has 186 valence electrons. The number of rotatable bonds is 12. The first-order chi connectivity index (χ1) is 16.4. The summed E-state index contributed by atoms with van der Waals surface area (Å²) in [6.45, 7) is 7.40. The highest BCUT2D eigenvalue weighted by molar-refractivity contribution is 7.10. The predicted molar refractivity (Wildman–Crippen MR) is 136 cm³/mol. The van der Waals surface area contributed by atoms with Gasteiger partial charge in [0.15, 0.2) is 0 Å². The number of aliphatic hydroxyl groups is 1. The van der Waals surface area contributed by atoms with Gasteiger partial charge in [0.2, 0.25) is 5.91 Å². The maximum absolute atomic E-state index is 13.5. The monoisotopic (exact) mass is 486 g/mol. The lowest BCUT2D eigenvalue weighted by Crippen LogP contribution is -2.48. The molecular weight excluding hydrogens is 448 g/mol. The lowest BCUT2D eigenvalue weighted by atomic mass is 10.00. The van der Waals surface area contributed by atoms with E-state index in [9.17, 15) is 9.90 Å². The van der Waals surface area contributed by atoms with Crippen molar-refractivity contribution in [3.05, 3.63) is 51.7 Å². The minimum Gasteiger partial charge on any atom is -0.491 e. The molecule has 1 fully saturated rings. The topological polar surface area (TPSA) is 62.2 Å². The summed E-state index contributed by atoms with van der Waals surface area (Å²) in [7, 11) is 1.59. The van der Waals surface area contributed by atoms with Crippen LogP contribution in [0, 0.1) is 5.92 Å². The van der Waals surface area contributed by atoms with E-state index in [-0.39, 0.29) is 18.6 Å². The summed E-state index contributed by atoms with van der Waals surface area (Å²) in [4.78, 5) is 19.0. The molecule has 34 heavy (non-hydrogen) atoms. The Bertz CT molecular complexity index is 925. The third-order valence-corrected chi connectivity index (χ3v) is 7.77. The fraction of sp³-hybridized carbons (Fsp3) is 0.593. The van der Waals surface area contributed by atoms with Gasteiger partial charge in [0.1, 0.15) is 12.4 Å². The highest BCUT2D eigenvalue weighted by atomic mass is 32.1. The number of methoxy groups -OCH3 is 1. The molecule has 1 aromatic carbocycles. The van der Waals surface area contributed by atoms with Gasteiger partial charge in [-0.2, -0.15) is 0 Å². The second kappa shape index (κ2) is 11.7. The van der Waals surface area contributed by atoms with Gasteiger partial charge in [-0.1, -0.05) is 26.0 Å². The van der Waals surface area contributed by atoms with Gasteiger partial charge in [-0.15, -0.1) is 11.3 Å². The van der Waals surface area contributed by atoms with Crippen LogP contribution in [0.5, 0.6) is 5.75 Å². The van der Waals surface area contributed by atoms with E-state index < -0.39 is 6.10 Å². The number of nitrogens with zero attached hydrogens (tertiary/aromatic N) is 2. The van der Waals surface area contributed by atoms with Crippen LogP contribution in [0.15, 0.2) is 35.7 Å². The lowest BCUT2D eigenvalue weighted by molar-refractivity contribution is -0.136. The number of thiophene rings is 1. The third-order valence-electron chi connectivity index (χ3n) is 6.77. The van der Waals surface area contributed by atoms with Gasteiger partial charge in [-0.05, 0) is 65.8 Å². The van der Waals surface area contributed by atoms with Crippen molar-refractivity contribution < 1.29 is 19.4 Å². The average molecular weight is 487 g/mol. The lowest BCUT2D eigenvalue weighted by Gasteiger charge is -2.37. The normalized spacial score (nSPS) is 18.9. The maximum Gasteiger partial charge on any atom is 0.237 e. The van der Waals surface area contributed by atoms with Gasteiger partial charge in [-0.3, -0.25) is 9.69 Å². The molecular formula is C27H38N2O4S. The second-order valence-electron chi connectivity index (χ2n) is 9.93. The second-order valence-corrected chi connectivity index (χ2v) is 10.9. The van der Waals surface area contributed by atoms with Gasteiger partial charge in [0.25, 0.3) is 0 Å². The molecule has 1 aliphatic carbocycles. The van der Waals surface area contributed by atoms with E-state index in [1.165, 1.54) is 28.8 Å². The average Bonchev–Trinajstić information content (AvgIpc) is 3.49. The molecule has 0 saturated heterocycles. The zero-order valence-electron chi connectivity index (χ0n) is 20.6. The molecule has 0 unspecified atom stereocenters. The standard InChI is InChI=1S/C27H38N2O4S/c1-19(2)21-6-8-23(9-7-21)33-18-25-24-11-13-34-26(24)10-12-29(25)27(31)16-28(14-20-4-5-20)15-22(30)17-32-3/h6-9,11,13,19-20,22,25,30H,4-5,10,12,14-18H2,1-3H3/t22-,25-/m0/s1. The molecule has 0 spiro atoms. The summed E-state index contributed by atoms with van der Waals surface area (Å²) >= 11 is 1.76. The largest absolute Gasteiger partial charge is 0.491 e. The number of hydrogen-bond donors (Lipinski definition) is 1. The Hall–Kier alpha value is -1.93. The SMILES string of the molecule is COC[C@@H](O)CN(CC(=O)N1CCc2sccc2[C@@H]1COc1ccc(C(C)C)cc1)CC1CC1. The van der Waals surface area contributed by atoms with E-state index in [0.29, 0.717) is 38.1 Å². The van der Waals surface area contributed by atoms with Crippen LogP contribution in [0.25, 0.3) is 0 Å². The maximum atomic E-state index is 13.5. The Morgan fingerprint density at radius 3 is 2.68 bits per heavy atom. The molecule has 4 rings (SSSR count). The Kier molecular flexibility index (Phi) is 8.64. The van der Waals surface area contributed by atoms with E-state index in [1.807, 2.05) is 17.0 Å². The van der Waals surface area contributed by atoms with E-state index in [2.05, 4.69) is 42.3 Å². The van der Waals surface area contributed by atoms with E-state index in [0.717, 1.165) is 18.7 Å². The molecule has 1 aromatic heterocycles. The number of fused-ring (bicyclic) bond motifs is 1. The third kappa shape index (κ3) is 6.60. The number of benzene rings is 1. The van der Waals surface area contributed by atoms with Crippen LogP contribution in [-0.4, -0.2) is 73.4 Å². The molecule has 0 bridgehead atoms. The molecule has 1 N–H and O–H groups in total. The molecule has 2 aromatic rings. The number of carbonyl (C=O) groups excluding carboxylic acids is 1. The first-order valence-corrected chi connectivity index (χ1v) is 13.3. The fourth-order valence-corrected chi connectivity index (χ4v) is 5.62. The summed E-state index contributed by atoms with van der Waals surface area (Å²) in [6.07, 6.45) is 2.71. The minimum atomic E-state index is -0.589. The first kappa shape index (κ1) is 25.2. The Balaban J connectivity index is 1.44. The van der Waals surface area contributed by atoms with Crippen LogP contribution < -0.4 is 4.74 Å². The van der Waals surface area contributed by atoms with Crippen molar-refractivity contribution in [2.24, 2.45) is 5.92 Å². The van der Waals surface area contributed by atoms with Crippen LogP contribution >= 0.6 is 11.3 Å². The number of hydrogen-bond acceptors (Lipinski definition) is 6. The highest BCUT2D eigenvalue weighted by Gasteiger charge is 2.34. The smallest absolute Gasteiger partial charge is 0.237 e. The molecule has 6 nitrogen and oxygen atoms in total. The van der Waals surface area contributed by atoms with Crippen molar-refractivity contribution in [2.45, 2.75) is 51.2 Å². The van der Waals surface area contributed by atoms with Gasteiger partial charge in [-0.25, -0.2) is 0 Å². The molecule has 2 atom stereocenters. The molecule has 1 aliphatic heterocycles. The zero-order chi connectivity index (χ0) is 24.1. The van der Waals surface area contributed by atoms with Crippen molar-refractivity contribution >= 4 is 17.2 Å². The van der Waals surface area contributed by atoms with Gasteiger partial charge in [0.05, 0.1) is 25.3 Å². The van der Waals surface area contributed by atoms with Gasteiger partial charge < -0.3 is 19.5 Å². The first-order valence-electron chi connectivity index (χ1n) is 12.4. The van der Waals surface area contributed by atoms with E-state index >= 15 is 0 Å². The molecule has 1 amide bonds. The number of amides is 1. The molecule has 2 heterocycles. The van der Waals surface area contributed by atoms with Crippen LogP contribution in [-0.2, 0) is 16.0 Å². The van der Waals surface area contributed by atoms with Crippen molar-refractivity contribution in [3.63, 3.8) is 0 Å². The Morgan fingerprint density at radius 2 is 2.00 bits per heavy atom. The van der Waals surface area contributed by atoms with E-state index in [1.54, 1.807) is 18.4 Å². The summed E-state index contributed by atoms with van der Waals surface area (Å²) < 4.78 is 11.3. The van der Waals surface area contributed by atoms with Crippen LogP contribution in [0.4, 0.5) is 0 Å². The summed E-state index contributed by atoms with van der Waals surface area (Å²) in [5, 5.41) is 12.4. The fourth-order valence-electron chi connectivity index (χ4n) is 4.69. The van der Waals surface area contributed by atoms with Crippen LogP contribution in [0.1, 0.15) is 54.7 Å². The van der Waals surface area contributed by atoms with Crippen molar-refractivity contribution in [1.82, 2.24) is 9.80 Å². The van der Waals surface area contributed by atoms with Crippen molar-refractivity contribution in [2.75, 3.05) is 46.5 Å². The van der Waals surface area contributed by atoms with Gasteiger partial charge >= 0.3 is 0 Å². The quantitative estimate of drug-likeness (QED) is 0.490. The number of ether oxygens (including phenoxy) is 2. The minimum absolute atomic E-state index is 0.0982. The number of carbonyl (C=O) groups is 1. The summed E-state index contributed by atoms with van der Waals surface area (Å²) in [6, 6.07) is 10.3.